The van der Waals surface area contributed by atoms with E-state index in [1.165, 1.54) is 0 Å². The maximum absolute atomic E-state index is 12.1. The van der Waals surface area contributed by atoms with E-state index >= 15 is 0 Å². The molecule has 0 heterocycles. The Bertz CT molecular complexity index is 501. The molecule has 120 valence electrons. The van der Waals surface area contributed by atoms with E-state index in [2.05, 4.69) is 0 Å². The van der Waals surface area contributed by atoms with E-state index in [9.17, 15) is 9.59 Å². The van der Waals surface area contributed by atoms with Crippen LogP contribution < -0.4 is 0 Å². The second-order valence-electron chi connectivity index (χ2n) is 5.25. The second kappa shape index (κ2) is 9.77. The second-order valence-corrected chi connectivity index (χ2v) is 5.25. The minimum Gasteiger partial charge on any atom is -0.466 e. The fourth-order valence-corrected chi connectivity index (χ4v) is 2.01. The van der Waals surface area contributed by atoms with Crippen molar-refractivity contribution in [2.75, 3.05) is 6.61 Å². The van der Waals surface area contributed by atoms with Gasteiger partial charge in [-0.25, -0.2) is 4.79 Å². The van der Waals surface area contributed by atoms with Crippen molar-refractivity contribution >= 4 is 11.9 Å². The standard InChI is InChI=1S/C18H24O4/c1-4-21-17(19)12-8-11-16(13-14(2)3)22-18(20)15-9-6-5-7-10-15/h5-7,9-10,13,16H,4,8,11-12H2,1-3H3. The van der Waals surface area contributed by atoms with E-state index in [1.54, 1.807) is 31.2 Å². The molecule has 1 aromatic rings. The molecule has 0 aliphatic carbocycles. The molecule has 0 saturated heterocycles. The minimum absolute atomic E-state index is 0.215. The van der Waals surface area contributed by atoms with Gasteiger partial charge < -0.3 is 9.47 Å². The molecule has 0 radical (unpaired) electrons. The molecular formula is C18H24O4. The summed E-state index contributed by atoms with van der Waals surface area (Å²) in [5.74, 6) is -0.563. The fraction of sp³-hybridized carbons (Fsp3) is 0.444. The highest BCUT2D eigenvalue weighted by atomic mass is 16.5. The predicted octanol–water partition coefficient (Wildman–Crippen LogP) is 3.91. The summed E-state index contributed by atoms with van der Waals surface area (Å²) in [4.78, 5) is 23.4. The lowest BCUT2D eigenvalue weighted by molar-refractivity contribution is -0.143. The van der Waals surface area contributed by atoms with Crippen LogP contribution in [-0.4, -0.2) is 24.6 Å². The van der Waals surface area contributed by atoms with Crippen LogP contribution in [-0.2, 0) is 14.3 Å². The molecule has 0 saturated carbocycles. The molecule has 0 N–H and O–H groups in total. The van der Waals surface area contributed by atoms with Gasteiger partial charge in [0.1, 0.15) is 6.10 Å². The lowest BCUT2D eigenvalue weighted by atomic mass is 10.1. The zero-order valence-corrected chi connectivity index (χ0v) is 13.5. The van der Waals surface area contributed by atoms with Crippen molar-refractivity contribution in [1.82, 2.24) is 0 Å². The van der Waals surface area contributed by atoms with Crippen LogP contribution in [0.15, 0.2) is 42.0 Å². The van der Waals surface area contributed by atoms with E-state index < -0.39 is 0 Å². The number of ether oxygens (including phenoxy) is 2. The van der Waals surface area contributed by atoms with Crippen molar-refractivity contribution in [2.24, 2.45) is 0 Å². The zero-order chi connectivity index (χ0) is 16.4. The maximum atomic E-state index is 12.1. The maximum Gasteiger partial charge on any atom is 0.338 e. The molecule has 1 rings (SSSR count). The summed E-state index contributed by atoms with van der Waals surface area (Å²) in [6.07, 6.45) is 3.14. The van der Waals surface area contributed by atoms with Crippen LogP contribution >= 0.6 is 0 Å². The Morgan fingerprint density at radius 2 is 1.86 bits per heavy atom. The molecule has 4 heteroatoms. The van der Waals surface area contributed by atoms with Crippen LogP contribution in [0.25, 0.3) is 0 Å². The normalized spacial score (nSPS) is 11.4. The van der Waals surface area contributed by atoms with E-state index in [1.807, 2.05) is 26.0 Å². The van der Waals surface area contributed by atoms with E-state index in [0.29, 0.717) is 31.4 Å². The van der Waals surface area contributed by atoms with Crippen molar-refractivity contribution < 1.29 is 19.1 Å². The summed E-state index contributed by atoms with van der Waals surface area (Å²) in [5.41, 5.74) is 1.60. The molecule has 0 aromatic heterocycles. The van der Waals surface area contributed by atoms with Crippen LogP contribution in [0.2, 0.25) is 0 Å². The monoisotopic (exact) mass is 304 g/mol. The van der Waals surface area contributed by atoms with E-state index in [-0.39, 0.29) is 18.0 Å². The number of rotatable bonds is 8. The molecule has 22 heavy (non-hydrogen) atoms. The number of hydrogen-bond acceptors (Lipinski definition) is 4. The van der Waals surface area contributed by atoms with Crippen molar-refractivity contribution in [3.05, 3.63) is 47.5 Å². The van der Waals surface area contributed by atoms with E-state index in [0.717, 1.165) is 5.57 Å². The Morgan fingerprint density at radius 3 is 2.45 bits per heavy atom. The van der Waals surface area contributed by atoms with E-state index in [4.69, 9.17) is 9.47 Å². The molecule has 0 aliphatic heterocycles. The Hall–Kier alpha value is -2.10. The number of carbonyl (C=O) groups is 2. The Kier molecular flexibility index (Phi) is 7.97. The molecule has 1 unspecified atom stereocenters. The van der Waals surface area contributed by atoms with Gasteiger partial charge in [0.2, 0.25) is 0 Å². The molecule has 1 aromatic carbocycles. The summed E-state index contributed by atoms with van der Waals surface area (Å²) < 4.78 is 10.4. The molecule has 1 atom stereocenters. The minimum atomic E-state index is -0.348. The van der Waals surface area contributed by atoms with Crippen molar-refractivity contribution in [3.63, 3.8) is 0 Å². The van der Waals surface area contributed by atoms with Crippen LogP contribution in [0.1, 0.15) is 50.4 Å². The zero-order valence-electron chi connectivity index (χ0n) is 13.5. The first-order valence-electron chi connectivity index (χ1n) is 7.59. The third-order valence-corrected chi connectivity index (χ3v) is 2.96. The van der Waals surface area contributed by atoms with Crippen molar-refractivity contribution in [2.45, 2.75) is 46.1 Å². The Morgan fingerprint density at radius 1 is 1.18 bits per heavy atom. The van der Waals surface area contributed by atoms with Gasteiger partial charge in [0.05, 0.1) is 12.2 Å². The molecule has 0 spiro atoms. The smallest absolute Gasteiger partial charge is 0.338 e. The van der Waals surface area contributed by atoms with Crippen LogP contribution in [0.5, 0.6) is 0 Å². The van der Waals surface area contributed by atoms with Gasteiger partial charge in [-0.1, -0.05) is 23.8 Å². The SMILES string of the molecule is CCOC(=O)CCCC(C=C(C)C)OC(=O)c1ccccc1. The Labute approximate surface area is 132 Å². The summed E-state index contributed by atoms with van der Waals surface area (Å²) in [5, 5.41) is 0. The molecular weight excluding hydrogens is 280 g/mol. The predicted molar refractivity (Wildman–Crippen MR) is 85.6 cm³/mol. The highest BCUT2D eigenvalue weighted by Crippen LogP contribution is 2.13. The number of benzene rings is 1. The van der Waals surface area contributed by atoms with Crippen LogP contribution in [0.3, 0.4) is 0 Å². The lowest BCUT2D eigenvalue weighted by Crippen LogP contribution is -2.17. The Balaban J connectivity index is 2.56. The van der Waals surface area contributed by atoms with Gasteiger partial charge in [-0.3, -0.25) is 4.79 Å². The van der Waals surface area contributed by atoms with Gasteiger partial charge in [-0.15, -0.1) is 0 Å². The number of carbonyl (C=O) groups excluding carboxylic acids is 2. The average Bonchev–Trinajstić information content (AvgIpc) is 2.47. The van der Waals surface area contributed by atoms with Gasteiger partial charge >= 0.3 is 11.9 Å². The van der Waals surface area contributed by atoms with Gasteiger partial charge in [0.25, 0.3) is 0 Å². The number of hydrogen-bond donors (Lipinski definition) is 0. The first-order chi connectivity index (χ1) is 10.5. The first-order valence-corrected chi connectivity index (χ1v) is 7.59. The van der Waals surface area contributed by atoms with Gasteiger partial charge in [0.15, 0.2) is 0 Å². The molecule has 0 aliphatic rings. The van der Waals surface area contributed by atoms with Gasteiger partial charge in [-0.05, 0) is 51.8 Å². The quantitative estimate of drug-likeness (QED) is 0.539. The lowest BCUT2D eigenvalue weighted by Gasteiger charge is -2.15. The summed E-state index contributed by atoms with van der Waals surface area (Å²) in [7, 11) is 0. The summed E-state index contributed by atoms with van der Waals surface area (Å²) in [6, 6.07) is 8.89. The third-order valence-electron chi connectivity index (χ3n) is 2.96. The van der Waals surface area contributed by atoms with Crippen LogP contribution in [0.4, 0.5) is 0 Å². The topological polar surface area (TPSA) is 52.6 Å². The van der Waals surface area contributed by atoms with Gasteiger partial charge in [0, 0.05) is 6.42 Å². The molecule has 0 fully saturated rings. The number of allylic oxidation sites excluding steroid dienone is 1. The highest BCUT2D eigenvalue weighted by molar-refractivity contribution is 5.89. The third kappa shape index (κ3) is 7.07. The fourth-order valence-electron chi connectivity index (χ4n) is 2.01. The first kappa shape index (κ1) is 18.0. The summed E-state index contributed by atoms with van der Waals surface area (Å²) >= 11 is 0. The molecule has 4 nitrogen and oxygen atoms in total. The average molecular weight is 304 g/mol. The molecule has 0 amide bonds. The van der Waals surface area contributed by atoms with Crippen molar-refractivity contribution in [1.29, 1.82) is 0 Å². The van der Waals surface area contributed by atoms with Gasteiger partial charge in [-0.2, -0.15) is 0 Å². The van der Waals surface area contributed by atoms with Crippen LogP contribution in [0, 0.1) is 0 Å². The summed E-state index contributed by atoms with van der Waals surface area (Å²) in [6.45, 7) is 6.08. The van der Waals surface area contributed by atoms with Crippen molar-refractivity contribution in [3.8, 4) is 0 Å². The highest BCUT2D eigenvalue weighted by Gasteiger charge is 2.14. The largest absolute Gasteiger partial charge is 0.466 e. The molecule has 0 bridgehead atoms. The number of esters is 2.